The number of ether oxygens (including phenoxy) is 1. The molecule has 2 aromatic carbocycles. The van der Waals surface area contributed by atoms with Crippen molar-refractivity contribution >= 4 is 29.0 Å². The lowest BCUT2D eigenvalue weighted by atomic mass is 10.0. The molecule has 0 atom stereocenters. The fraction of sp³-hybridized carbons (Fsp3) is 0.320. The summed E-state index contributed by atoms with van der Waals surface area (Å²) in [6, 6.07) is 10.4. The van der Waals surface area contributed by atoms with Crippen LogP contribution in [0.25, 0.3) is 0 Å². The van der Waals surface area contributed by atoms with Crippen LogP contribution in [-0.4, -0.2) is 58.5 Å². The van der Waals surface area contributed by atoms with Gasteiger partial charge in [-0.3, -0.25) is 14.9 Å². The predicted octanol–water partition coefficient (Wildman–Crippen LogP) is 3.80. The largest absolute Gasteiger partial charge is 0.378 e. The van der Waals surface area contributed by atoms with E-state index in [2.05, 4.69) is 4.90 Å². The maximum Gasteiger partial charge on any atom is 0.288 e. The number of amides is 1. The van der Waals surface area contributed by atoms with Crippen molar-refractivity contribution < 1.29 is 18.8 Å². The molecule has 0 N–H and O–H groups in total. The Balaban J connectivity index is 1.46. The molecule has 0 bridgehead atoms. The van der Waals surface area contributed by atoms with Gasteiger partial charge in [-0.05, 0) is 29.8 Å². The van der Waals surface area contributed by atoms with Crippen molar-refractivity contribution in [3.8, 4) is 0 Å². The lowest BCUT2D eigenvalue weighted by Crippen LogP contribution is -2.41. The monoisotopic (exact) mass is 511 g/mol. The fourth-order valence-electron chi connectivity index (χ4n) is 4.53. The first-order valence-corrected chi connectivity index (χ1v) is 12.0. The number of aromatic nitrogens is 2. The van der Waals surface area contributed by atoms with Gasteiger partial charge in [0.2, 0.25) is 0 Å². The molecular formula is C25H23ClFN5O4. The van der Waals surface area contributed by atoms with Crippen LogP contribution in [-0.2, 0) is 24.1 Å². The normalized spacial score (nSPS) is 15.5. The van der Waals surface area contributed by atoms with Gasteiger partial charge in [-0.1, -0.05) is 23.7 Å². The molecule has 0 aliphatic carbocycles. The number of benzene rings is 2. The number of nitro groups is 1. The van der Waals surface area contributed by atoms with Gasteiger partial charge in [0.1, 0.15) is 22.5 Å². The highest BCUT2D eigenvalue weighted by atomic mass is 35.5. The number of hydrogen-bond acceptors (Lipinski definition) is 7. The molecule has 0 unspecified atom stereocenters. The molecule has 5 rings (SSSR count). The minimum Gasteiger partial charge on any atom is -0.378 e. The van der Waals surface area contributed by atoms with E-state index in [0.29, 0.717) is 51.5 Å². The minimum atomic E-state index is -0.602. The topological polar surface area (TPSA) is 102 Å². The van der Waals surface area contributed by atoms with E-state index < -0.39 is 4.92 Å². The highest BCUT2D eigenvalue weighted by Gasteiger charge is 2.29. The van der Waals surface area contributed by atoms with Crippen molar-refractivity contribution in [2.24, 2.45) is 0 Å². The van der Waals surface area contributed by atoms with Gasteiger partial charge in [-0.25, -0.2) is 14.4 Å². The second-order valence-corrected chi connectivity index (χ2v) is 9.10. The number of nitro benzene ring substituents is 1. The summed E-state index contributed by atoms with van der Waals surface area (Å²) in [7, 11) is 0. The van der Waals surface area contributed by atoms with Gasteiger partial charge in [0.15, 0.2) is 0 Å². The molecule has 3 aromatic rings. The van der Waals surface area contributed by atoms with E-state index in [9.17, 15) is 19.3 Å². The zero-order chi connectivity index (χ0) is 25.2. The Morgan fingerprint density at radius 3 is 2.69 bits per heavy atom. The standard InChI is InChI=1S/C25H23ClFN5O4/c26-20-5-4-17(14-22(20)32(34)35)25(33)31-7-6-21-19(15-31)24(30-8-10-36-11-9-30)29-23(28-21)13-16-2-1-3-18(27)12-16/h1-5,12,14H,6-11,13,15H2. The van der Waals surface area contributed by atoms with E-state index in [-0.39, 0.29) is 34.5 Å². The SMILES string of the molecule is O=C(c1ccc(Cl)c([N+](=O)[O-])c1)N1CCc2nc(Cc3cccc(F)c3)nc(N3CCOCC3)c2C1. The van der Waals surface area contributed by atoms with Gasteiger partial charge in [-0.15, -0.1) is 0 Å². The van der Waals surface area contributed by atoms with Crippen molar-refractivity contribution in [1.82, 2.24) is 14.9 Å². The molecule has 2 aliphatic rings. The molecule has 11 heteroatoms. The average Bonchev–Trinajstić information content (AvgIpc) is 2.88. The van der Waals surface area contributed by atoms with E-state index in [4.69, 9.17) is 26.3 Å². The maximum atomic E-state index is 13.7. The molecule has 1 saturated heterocycles. The van der Waals surface area contributed by atoms with Gasteiger partial charge < -0.3 is 14.5 Å². The number of fused-ring (bicyclic) bond motifs is 1. The highest BCUT2D eigenvalue weighted by Crippen LogP contribution is 2.30. The molecule has 1 fully saturated rings. The van der Waals surface area contributed by atoms with Crippen LogP contribution >= 0.6 is 11.6 Å². The lowest BCUT2D eigenvalue weighted by molar-refractivity contribution is -0.384. The molecule has 3 heterocycles. The van der Waals surface area contributed by atoms with Crippen LogP contribution in [0.4, 0.5) is 15.9 Å². The number of hydrogen-bond donors (Lipinski definition) is 0. The Morgan fingerprint density at radius 2 is 1.94 bits per heavy atom. The van der Waals surface area contributed by atoms with E-state index in [1.165, 1.54) is 30.3 Å². The molecular weight excluding hydrogens is 489 g/mol. The molecule has 186 valence electrons. The van der Waals surface area contributed by atoms with Crippen molar-refractivity contribution in [1.29, 1.82) is 0 Å². The van der Waals surface area contributed by atoms with Crippen LogP contribution in [0, 0.1) is 15.9 Å². The van der Waals surface area contributed by atoms with Crippen molar-refractivity contribution in [2.75, 3.05) is 37.7 Å². The van der Waals surface area contributed by atoms with Crippen molar-refractivity contribution in [3.05, 3.63) is 91.6 Å². The Bertz CT molecular complexity index is 1330. The zero-order valence-corrected chi connectivity index (χ0v) is 20.1. The van der Waals surface area contributed by atoms with Crippen LogP contribution in [0.15, 0.2) is 42.5 Å². The number of rotatable bonds is 5. The number of morpholine rings is 1. The van der Waals surface area contributed by atoms with Crippen LogP contribution in [0.5, 0.6) is 0 Å². The summed E-state index contributed by atoms with van der Waals surface area (Å²) in [6.45, 7) is 3.11. The molecule has 36 heavy (non-hydrogen) atoms. The molecule has 0 spiro atoms. The quantitative estimate of drug-likeness (QED) is 0.379. The average molecular weight is 512 g/mol. The fourth-order valence-corrected chi connectivity index (χ4v) is 4.72. The van der Waals surface area contributed by atoms with Gasteiger partial charge in [0, 0.05) is 49.7 Å². The van der Waals surface area contributed by atoms with Gasteiger partial charge in [0.05, 0.1) is 30.4 Å². The second kappa shape index (κ2) is 10.2. The summed E-state index contributed by atoms with van der Waals surface area (Å²) < 4.78 is 19.2. The smallest absolute Gasteiger partial charge is 0.288 e. The molecule has 0 radical (unpaired) electrons. The minimum absolute atomic E-state index is 0.0191. The van der Waals surface area contributed by atoms with Gasteiger partial charge >= 0.3 is 0 Å². The molecule has 2 aliphatic heterocycles. The Labute approximate surface area is 211 Å². The number of carbonyl (C=O) groups is 1. The Hall–Kier alpha value is -3.63. The van der Waals surface area contributed by atoms with Crippen LogP contribution in [0.3, 0.4) is 0 Å². The summed E-state index contributed by atoms with van der Waals surface area (Å²) in [5, 5.41) is 11.3. The molecule has 1 amide bonds. The van der Waals surface area contributed by atoms with E-state index >= 15 is 0 Å². The van der Waals surface area contributed by atoms with Gasteiger partial charge in [0.25, 0.3) is 11.6 Å². The predicted molar refractivity (Wildman–Crippen MR) is 131 cm³/mol. The van der Waals surface area contributed by atoms with Crippen molar-refractivity contribution in [3.63, 3.8) is 0 Å². The Morgan fingerprint density at radius 1 is 1.14 bits per heavy atom. The highest BCUT2D eigenvalue weighted by molar-refractivity contribution is 6.32. The third-order valence-corrected chi connectivity index (χ3v) is 6.64. The van der Waals surface area contributed by atoms with Gasteiger partial charge in [-0.2, -0.15) is 0 Å². The summed E-state index contributed by atoms with van der Waals surface area (Å²) in [6.07, 6.45) is 0.895. The number of carbonyl (C=O) groups excluding carboxylic acids is 1. The summed E-state index contributed by atoms with van der Waals surface area (Å²) >= 11 is 5.92. The first-order valence-electron chi connectivity index (χ1n) is 11.6. The van der Waals surface area contributed by atoms with Crippen LogP contribution in [0.2, 0.25) is 5.02 Å². The van der Waals surface area contributed by atoms with E-state index in [1.54, 1.807) is 11.0 Å². The molecule has 0 saturated carbocycles. The lowest BCUT2D eigenvalue weighted by Gasteiger charge is -2.34. The van der Waals surface area contributed by atoms with E-state index in [0.717, 1.165) is 22.6 Å². The first-order chi connectivity index (χ1) is 17.4. The zero-order valence-electron chi connectivity index (χ0n) is 19.3. The summed E-state index contributed by atoms with van der Waals surface area (Å²) in [5.74, 6) is 0.705. The second-order valence-electron chi connectivity index (χ2n) is 8.69. The van der Waals surface area contributed by atoms with Crippen LogP contribution < -0.4 is 4.90 Å². The molecule has 1 aromatic heterocycles. The number of nitrogens with zero attached hydrogens (tertiary/aromatic N) is 5. The third kappa shape index (κ3) is 5.00. The number of halogens is 2. The van der Waals surface area contributed by atoms with E-state index in [1.807, 2.05) is 6.07 Å². The summed E-state index contributed by atoms with van der Waals surface area (Å²) in [4.78, 5) is 37.3. The van der Waals surface area contributed by atoms with Crippen LogP contribution in [0.1, 0.15) is 33.0 Å². The van der Waals surface area contributed by atoms with Crippen molar-refractivity contribution in [2.45, 2.75) is 19.4 Å². The number of anilines is 1. The molecule has 9 nitrogen and oxygen atoms in total. The third-order valence-electron chi connectivity index (χ3n) is 6.32. The Kier molecular flexibility index (Phi) is 6.80. The first kappa shape index (κ1) is 24.1. The maximum absolute atomic E-state index is 13.7. The summed E-state index contributed by atoms with van der Waals surface area (Å²) in [5.41, 5.74) is 2.37.